The van der Waals surface area contributed by atoms with Crippen LogP contribution in [0.15, 0.2) is 18.5 Å². The quantitative estimate of drug-likeness (QED) is 0.886. The number of hydrogen-bond acceptors (Lipinski definition) is 5. The molecule has 1 aromatic heterocycles. The Bertz CT molecular complexity index is 397. The third-order valence-corrected chi connectivity index (χ3v) is 2.90. The number of nitrogens with one attached hydrogen (secondary N) is 1. The molecule has 0 atom stereocenters. The molecule has 0 radical (unpaired) electrons. The van der Waals surface area contributed by atoms with Crippen molar-refractivity contribution in [2.24, 2.45) is 0 Å². The Labute approximate surface area is 108 Å². The van der Waals surface area contributed by atoms with Crippen LogP contribution in [0, 0.1) is 0 Å². The van der Waals surface area contributed by atoms with Crippen molar-refractivity contribution in [2.45, 2.75) is 25.7 Å². The Balaban J connectivity index is 2.02. The molecule has 0 aromatic carbocycles. The maximum Gasteiger partial charge on any atom is 0.162 e. The summed E-state index contributed by atoms with van der Waals surface area (Å²) in [7, 11) is 4.02. The van der Waals surface area contributed by atoms with Gasteiger partial charge < -0.3 is 19.7 Å². The lowest BCUT2D eigenvalue weighted by molar-refractivity contribution is -0.247. The normalized spacial score (nSPS) is 19.6. The van der Waals surface area contributed by atoms with Gasteiger partial charge in [-0.15, -0.1) is 0 Å². The largest absolute Gasteiger partial charge is 0.376 e. The highest BCUT2D eigenvalue weighted by molar-refractivity contribution is 5.68. The first-order valence-electron chi connectivity index (χ1n) is 6.14. The molecule has 0 unspecified atom stereocenters. The van der Waals surface area contributed by atoms with Gasteiger partial charge in [0.15, 0.2) is 5.79 Å². The summed E-state index contributed by atoms with van der Waals surface area (Å²) in [5.41, 5.74) is 2.11. The molecule has 1 aliphatic heterocycles. The van der Waals surface area contributed by atoms with Gasteiger partial charge in [-0.1, -0.05) is 0 Å². The van der Waals surface area contributed by atoms with E-state index in [1.807, 2.05) is 40.2 Å². The monoisotopic (exact) mass is 251 g/mol. The van der Waals surface area contributed by atoms with E-state index in [-0.39, 0.29) is 6.04 Å². The van der Waals surface area contributed by atoms with E-state index in [0.717, 1.165) is 11.4 Å². The molecule has 1 aliphatic rings. The van der Waals surface area contributed by atoms with Gasteiger partial charge in [0.25, 0.3) is 0 Å². The molecule has 18 heavy (non-hydrogen) atoms. The van der Waals surface area contributed by atoms with E-state index in [0.29, 0.717) is 13.2 Å². The van der Waals surface area contributed by atoms with Crippen LogP contribution in [0.4, 0.5) is 11.4 Å². The lowest BCUT2D eigenvalue weighted by Crippen LogP contribution is -2.45. The van der Waals surface area contributed by atoms with Crippen LogP contribution in [0.2, 0.25) is 0 Å². The standard InChI is InChI=1S/C13H21N3O2/c1-13(2)17-8-10(9-18-13)15-11-7-14-6-5-12(11)16(3)4/h5-7,10,15H,8-9H2,1-4H3. The first-order valence-corrected chi connectivity index (χ1v) is 6.14. The molecule has 0 spiro atoms. The summed E-state index contributed by atoms with van der Waals surface area (Å²) >= 11 is 0. The van der Waals surface area contributed by atoms with E-state index in [9.17, 15) is 0 Å². The first-order chi connectivity index (χ1) is 8.48. The molecule has 0 saturated carbocycles. The van der Waals surface area contributed by atoms with Crippen molar-refractivity contribution in [3.63, 3.8) is 0 Å². The van der Waals surface area contributed by atoms with Crippen LogP contribution in [-0.4, -0.2) is 44.1 Å². The summed E-state index contributed by atoms with van der Waals surface area (Å²) in [4.78, 5) is 6.21. The fourth-order valence-corrected chi connectivity index (χ4v) is 1.88. The highest BCUT2D eigenvalue weighted by Gasteiger charge is 2.28. The second kappa shape index (κ2) is 5.12. The van der Waals surface area contributed by atoms with Crippen molar-refractivity contribution < 1.29 is 9.47 Å². The van der Waals surface area contributed by atoms with E-state index in [4.69, 9.17) is 9.47 Å². The van der Waals surface area contributed by atoms with E-state index in [2.05, 4.69) is 15.2 Å². The van der Waals surface area contributed by atoms with Crippen LogP contribution in [0.3, 0.4) is 0 Å². The van der Waals surface area contributed by atoms with Crippen LogP contribution in [-0.2, 0) is 9.47 Å². The number of nitrogens with zero attached hydrogens (tertiary/aromatic N) is 2. The fourth-order valence-electron chi connectivity index (χ4n) is 1.88. The molecule has 1 aromatic rings. The van der Waals surface area contributed by atoms with Crippen molar-refractivity contribution >= 4 is 11.4 Å². The average Bonchev–Trinajstić information content (AvgIpc) is 2.32. The van der Waals surface area contributed by atoms with Gasteiger partial charge in [-0.2, -0.15) is 0 Å². The lowest BCUT2D eigenvalue weighted by atomic mass is 10.2. The average molecular weight is 251 g/mol. The van der Waals surface area contributed by atoms with Crippen LogP contribution >= 0.6 is 0 Å². The highest BCUT2D eigenvalue weighted by atomic mass is 16.7. The number of ether oxygens (including phenoxy) is 2. The van der Waals surface area contributed by atoms with Crippen LogP contribution < -0.4 is 10.2 Å². The zero-order valence-electron chi connectivity index (χ0n) is 11.4. The van der Waals surface area contributed by atoms with Crippen molar-refractivity contribution in [1.82, 2.24) is 4.98 Å². The molecule has 2 rings (SSSR count). The van der Waals surface area contributed by atoms with Crippen molar-refractivity contribution in [3.8, 4) is 0 Å². The fraction of sp³-hybridized carbons (Fsp3) is 0.615. The Kier molecular flexibility index (Phi) is 3.73. The molecule has 1 saturated heterocycles. The van der Waals surface area contributed by atoms with Gasteiger partial charge in [-0.05, 0) is 19.9 Å². The molecule has 0 amide bonds. The Morgan fingerprint density at radius 1 is 1.33 bits per heavy atom. The zero-order chi connectivity index (χ0) is 13.2. The van der Waals surface area contributed by atoms with Gasteiger partial charge in [-0.25, -0.2) is 0 Å². The van der Waals surface area contributed by atoms with E-state index < -0.39 is 5.79 Å². The van der Waals surface area contributed by atoms with Gasteiger partial charge in [0.2, 0.25) is 0 Å². The second-order valence-corrected chi connectivity index (χ2v) is 5.15. The second-order valence-electron chi connectivity index (χ2n) is 5.15. The SMILES string of the molecule is CN(C)c1ccncc1NC1COC(C)(C)OC1. The number of rotatable bonds is 3. The molecular formula is C13H21N3O2. The summed E-state index contributed by atoms with van der Waals surface area (Å²) in [6.45, 7) is 5.13. The highest BCUT2D eigenvalue weighted by Crippen LogP contribution is 2.25. The van der Waals surface area contributed by atoms with Crippen molar-refractivity contribution in [3.05, 3.63) is 18.5 Å². The zero-order valence-corrected chi connectivity index (χ0v) is 11.4. The summed E-state index contributed by atoms with van der Waals surface area (Å²) < 4.78 is 11.3. The maximum absolute atomic E-state index is 5.63. The topological polar surface area (TPSA) is 46.6 Å². The van der Waals surface area contributed by atoms with Crippen molar-refractivity contribution in [1.29, 1.82) is 0 Å². The van der Waals surface area contributed by atoms with Crippen molar-refractivity contribution in [2.75, 3.05) is 37.5 Å². The lowest BCUT2D eigenvalue weighted by Gasteiger charge is -2.36. The van der Waals surface area contributed by atoms with Gasteiger partial charge in [0.05, 0.1) is 36.8 Å². The van der Waals surface area contributed by atoms with Gasteiger partial charge in [0.1, 0.15) is 0 Å². The number of anilines is 2. The van der Waals surface area contributed by atoms with Crippen LogP contribution in [0.5, 0.6) is 0 Å². The molecule has 0 bridgehead atoms. The number of aromatic nitrogens is 1. The summed E-state index contributed by atoms with van der Waals surface area (Å²) in [6.07, 6.45) is 3.62. The molecule has 100 valence electrons. The summed E-state index contributed by atoms with van der Waals surface area (Å²) in [5, 5.41) is 3.41. The van der Waals surface area contributed by atoms with E-state index in [1.54, 1.807) is 6.20 Å². The van der Waals surface area contributed by atoms with Crippen LogP contribution in [0.25, 0.3) is 0 Å². The first kappa shape index (κ1) is 13.1. The maximum atomic E-state index is 5.63. The number of hydrogen-bond donors (Lipinski definition) is 1. The molecule has 1 N–H and O–H groups in total. The minimum absolute atomic E-state index is 0.154. The number of pyridine rings is 1. The van der Waals surface area contributed by atoms with Gasteiger partial charge in [0, 0.05) is 20.3 Å². The summed E-state index contributed by atoms with van der Waals surface area (Å²) in [5.74, 6) is -0.475. The van der Waals surface area contributed by atoms with E-state index >= 15 is 0 Å². The summed E-state index contributed by atoms with van der Waals surface area (Å²) in [6, 6.07) is 2.14. The molecule has 5 heteroatoms. The molecule has 0 aliphatic carbocycles. The Morgan fingerprint density at radius 3 is 2.61 bits per heavy atom. The molecule has 5 nitrogen and oxygen atoms in total. The van der Waals surface area contributed by atoms with E-state index in [1.165, 1.54) is 0 Å². The van der Waals surface area contributed by atoms with Gasteiger partial charge in [-0.3, -0.25) is 4.98 Å². The Morgan fingerprint density at radius 2 is 2.00 bits per heavy atom. The molecule has 2 heterocycles. The minimum Gasteiger partial charge on any atom is -0.376 e. The molecular weight excluding hydrogens is 230 g/mol. The van der Waals surface area contributed by atoms with Crippen LogP contribution in [0.1, 0.15) is 13.8 Å². The Hall–Kier alpha value is -1.33. The predicted octanol–water partition coefficient (Wildman–Crippen LogP) is 1.71. The predicted molar refractivity (Wildman–Crippen MR) is 72.0 cm³/mol. The minimum atomic E-state index is -0.475. The van der Waals surface area contributed by atoms with Gasteiger partial charge >= 0.3 is 0 Å². The smallest absolute Gasteiger partial charge is 0.162 e. The molecule has 1 fully saturated rings. The third-order valence-electron chi connectivity index (χ3n) is 2.90. The third kappa shape index (κ3) is 3.11.